The van der Waals surface area contributed by atoms with Crippen molar-refractivity contribution in [3.63, 3.8) is 0 Å². The zero-order valence-corrected chi connectivity index (χ0v) is 9.81. The van der Waals surface area contributed by atoms with Gasteiger partial charge in [0, 0.05) is 12.2 Å². The molecule has 0 radical (unpaired) electrons. The number of aromatic nitrogens is 4. The maximum Gasteiger partial charge on any atom is 0.227 e. The zero-order valence-electron chi connectivity index (χ0n) is 9.05. The molecular formula is C10H12ClN5. The summed E-state index contributed by atoms with van der Waals surface area (Å²) in [5.74, 6) is 0.507. The number of hydrogen-bond donors (Lipinski definition) is 1. The fourth-order valence-corrected chi connectivity index (χ4v) is 1.29. The summed E-state index contributed by atoms with van der Waals surface area (Å²) < 4.78 is 1.86. The summed E-state index contributed by atoms with van der Waals surface area (Å²) in [4.78, 5) is 8.07. The van der Waals surface area contributed by atoms with Gasteiger partial charge in [0.15, 0.2) is 0 Å². The average Bonchev–Trinajstić information content (AvgIpc) is 2.70. The lowest BCUT2D eigenvalue weighted by Gasteiger charge is -2.03. The van der Waals surface area contributed by atoms with Crippen molar-refractivity contribution >= 4 is 23.2 Å². The van der Waals surface area contributed by atoms with Gasteiger partial charge < -0.3 is 5.32 Å². The van der Waals surface area contributed by atoms with Gasteiger partial charge in [0.05, 0.1) is 29.3 Å². The SMILES string of the molecule is CC(C)n1cc(Nc2ncc(Cl)cn2)cn1. The van der Waals surface area contributed by atoms with Crippen LogP contribution in [0.15, 0.2) is 24.8 Å². The van der Waals surface area contributed by atoms with Gasteiger partial charge in [-0.3, -0.25) is 4.68 Å². The first kappa shape index (κ1) is 10.9. The maximum atomic E-state index is 5.69. The second kappa shape index (κ2) is 4.49. The second-order valence-electron chi connectivity index (χ2n) is 3.65. The normalized spacial score (nSPS) is 10.8. The fraction of sp³-hybridized carbons (Fsp3) is 0.300. The summed E-state index contributed by atoms with van der Waals surface area (Å²) >= 11 is 5.69. The number of halogens is 1. The van der Waals surface area contributed by atoms with Gasteiger partial charge in [-0.1, -0.05) is 11.6 Å². The molecule has 1 N–H and O–H groups in total. The van der Waals surface area contributed by atoms with Crippen LogP contribution < -0.4 is 5.32 Å². The molecule has 5 nitrogen and oxygen atoms in total. The quantitative estimate of drug-likeness (QED) is 0.892. The molecule has 84 valence electrons. The van der Waals surface area contributed by atoms with Crippen molar-refractivity contribution < 1.29 is 0 Å². The fourth-order valence-electron chi connectivity index (χ4n) is 1.19. The molecule has 0 aliphatic carbocycles. The van der Waals surface area contributed by atoms with E-state index in [1.165, 1.54) is 0 Å². The van der Waals surface area contributed by atoms with Crippen LogP contribution >= 0.6 is 11.6 Å². The second-order valence-corrected chi connectivity index (χ2v) is 4.09. The number of nitrogens with zero attached hydrogens (tertiary/aromatic N) is 4. The Morgan fingerprint density at radius 1 is 1.25 bits per heavy atom. The van der Waals surface area contributed by atoms with Crippen molar-refractivity contribution in [3.8, 4) is 0 Å². The highest BCUT2D eigenvalue weighted by Gasteiger charge is 2.03. The number of anilines is 2. The Morgan fingerprint density at radius 3 is 2.50 bits per heavy atom. The molecule has 0 saturated heterocycles. The molecular weight excluding hydrogens is 226 g/mol. The molecule has 0 aliphatic rings. The first-order valence-electron chi connectivity index (χ1n) is 4.94. The van der Waals surface area contributed by atoms with Gasteiger partial charge in [-0.05, 0) is 13.8 Å². The standard InChI is InChI=1S/C10H12ClN5/c1-7(2)16-6-9(5-14-16)15-10-12-3-8(11)4-13-10/h3-7H,1-2H3,(H,12,13,15). The molecule has 0 fully saturated rings. The van der Waals surface area contributed by atoms with E-state index in [1.807, 2.05) is 10.9 Å². The predicted molar refractivity (Wildman–Crippen MR) is 62.9 cm³/mol. The van der Waals surface area contributed by atoms with Crippen LogP contribution in [0.5, 0.6) is 0 Å². The van der Waals surface area contributed by atoms with Crippen molar-refractivity contribution in [1.82, 2.24) is 19.7 Å². The minimum Gasteiger partial charge on any atom is -0.321 e. The summed E-state index contributed by atoms with van der Waals surface area (Å²) in [6.45, 7) is 4.13. The van der Waals surface area contributed by atoms with Crippen LogP contribution in [0.1, 0.15) is 19.9 Å². The predicted octanol–water partition coefficient (Wildman–Crippen LogP) is 2.65. The number of hydrogen-bond acceptors (Lipinski definition) is 4. The molecule has 0 aliphatic heterocycles. The van der Waals surface area contributed by atoms with Crippen molar-refractivity contribution in [3.05, 3.63) is 29.8 Å². The monoisotopic (exact) mass is 237 g/mol. The van der Waals surface area contributed by atoms with Gasteiger partial charge in [0.2, 0.25) is 5.95 Å². The Hall–Kier alpha value is -1.62. The highest BCUT2D eigenvalue weighted by atomic mass is 35.5. The minimum atomic E-state index is 0.335. The molecule has 6 heteroatoms. The highest BCUT2D eigenvalue weighted by Crippen LogP contribution is 2.14. The molecule has 0 spiro atoms. The third-order valence-corrected chi connectivity index (χ3v) is 2.20. The average molecular weight is 238 g/mol. The first-order chi connectivity index (χ1) is 7.65. The lowest BCUT2D eigenvalue weighted by Crippen LogP contribution is -2.00. The van der Waals surface area contributed by atoms with E-state index in [9.17, 15) is 0 Å². The Morgan fingerprint density at radius 2 is 1.94 bits per heavy atom. The third kappa shape index (κ3) is 2.49. The molecule has 0 amide bonds. The Balaban J connectivity index is 2.11. The van der Waals surface area contributed by atoms with E-state index in [2.05, 4.69) is 34.2 Å². The number of nitrogens with one attached hydrogen (secondary N) is 1. The Kier molecular flexibility index (Phi) is 3.05. The summed E-state index contributed by atoms with van der Waals surface area (Å²) in [6, 6.07) is 0.335. The molecule has 0 bridgehead atoms. The Labute approximate surface area is 98.5 Å². The van der Waals surface area contributed by atoms with E-state index >= 15 is 0 Å². The molecule has 2 aromatic rings. The summed E-state index contributed by atoms with van der Waals surface area (Å²) in [5.41, 5.74) is 0.857. The van der Waals surface area contributed by atoms with Gasteiger partial charge >= 0.3 is 0 Å². The lowest BCUT2D eigenvalue weighted by molar-refractivity contribution is 0.532. The van der Waals surface area contributed by atoms with Crippen LogP contribution in [-0.2, 0) is 0 Å². The van der Waals surface area contributed by atoms with E-state index in [1.54, 1.807) is 18.6 Å². The van der Waals surface area contributed by atoms with Crippen LogP contribution in [0.4, 0.5) is 11.6 Å². The van der Waals surface area contributed by atoms with E-state index < -0.39 is 0 Å². The molecule has 0 saturated carbocycles. The summed E-state index contributed by atoms with van der Waals surface area (Å²) in [6.07, 6.45) is 6.73. The van der Waals surface area contributed by atoms with Gasteiger partial charge in [-0.15, -0.1) is 0 Å². The van der Waals surface area contributed by atoms with Gasteiger partial charge in [-0.25, -0.2) is 9.97 Å². The molecule has 0 atom stereocenters. The lowest BCUT2D eigenvalue weighted by atomic mass is 10.4. The van der Waals surface area contributed by atoms with E-state index in [4.69, 9.17) is 11.6 Å². The number of rotatable bonds is 3. The van der Waals surface area contributed by atoms with Gasteiger partial charge in [0.25, 0.3) is 0 Å². The maximum absolute atomic E-state index is 5.69. The molecule has 0 unspecified atom stereocenters. The van der Waals surface area contributed by atoms with Crippen LogP contribution in [-0.4, -0.2) is 19.7 Å². The van der Waals surface area contributed by atoms with E-state index in [0.717, 1.165) is 5.69 Å². The van der Waals surface area contributed by atoms with Gasteiger partial charge in [-0.2, -0.15) is 5.10 Å². The van der Waals surface area contributed by atoms with Crippen molar-refractivity contribution in [2.75, 3.05) is 5.32 Å². The van der Waals surface area contributed by atoms with Crippen LogP contribution in [0.25, 0.3) is 0 Å². The summed E-state index contributed by atoms with van der Waals surface area (Å²) in [7, 11) is 0. The van der Waals surface area contributed by atoms with Crippen LogP contribution in [0.3, 0.4) is 0 Å². The minimum absolute atomic E-state index is 0.335. The van der Waals surface area contributed by atoms with Gasteiger partial charge in [0.1, 0.15) is 0 Å². The van der Waals surface area contributed by atoms with Crippen molar-refractivity contribution in [2.45, 2.75) is 19.9 Å². The first-order valence-corrected chi connectivity index (χ1v) is 5.31. The Bertz CT molecular complexity index is 462. The molecule has 0 aromatic carbocycles. The van der Waals surface area contributed by atoms with Crippen molar-refractivity contribution in [2.24, 2.45) is 0 Å². The molecule has 2 aromatic heterocycles. The van der Waals surface area contributed by atoms with E-state index in [0.29, 0.717) is 17.0 Å². The third-order valence-electron chi connectivity index (χ3n) is 2.01. The van der Waals surface area contributed by atoms with Crippen LogP contribution in [0, 0.1) is 0 Å². The van der Waals surface area contributed by atoms with Crippen molar-refractivity contribution in [1.29, 1.82) is 0 Å². The smallest absolute Gasteiger partial charge is 0.227 e. The summed E-state index contributed by atoms with van der Waals surface area (Å²) in [5, 5.41) is 7.76. The molecule has 16 heavy (non-hydrogen) atoms. The zero-order chi connectivity index (χ0) is 11.5. The topological polar surface area (TPSA) is 55.6 Å². The highest BCUT2D eigenvalue weighted by molar-refractivity contribution is 6.30. The van der Waals surface area contributed by atoms with Crippen LogP contribution in [0.2, 0.25) is 5.02 Å². The molecule has 2 rings (SSSR count). The largest absolute Gasteiger partial charge is 0.321 e. The van der Waals surface area contributed by atoms with E-state index in [-0.39, 0.29) is 0 Å². The molecule has 2 heterocycles.